The third-order valence-corrected chi connectivity index (χ3v) is 3.85. The van der Waals surface area contributed by atoms with Gasteiger partial charge in [-0.2, -0.15) is 0 Å². The number of methoxy groups -OCH3 is 1. The highest BCUT2D eigenvalue weighted by Gasteiger charge is 2.23. The summed E-state index contributed by atoms with van der Waals surface area (Å²) in [6.07, 6.45) is 3.16. The molecule has 1 aromatic rings. The average molecular weight is 320 g/mol. The minimum atomic E-state index is 0.307. The molecule has 0 aliphatic heterocycles. The molecule has 0 radical (unpaired) electrons. The third-order valence-electron chi connectivity index (χ3n) is 3.05. The summed E-state index contributed by atoms with van der Waals surface area (Å²) in [4.78, 5) is 0. The largest absolute Gasteiger partial charge is 0.493 e. The second-order valence-corrected chi connectivity index (χ2v) is 5.67. The molecule has 0 saturated heterocycles. The normalized spacial score (nSPS) is 23.8. The fourth-order valence-corrected chi connectivity index (χ4v) is 3.21. The van der Waals surface area contributed by atoms with Crippen molar-refractivity contribution in [2.75, 3.05) is 12.4 Å². The Morgan fingerprint density at radius 2 is 2.24 bits per heavy atom. The molecule has 0 spiro atoms. The van der Waals surface area contributed by atoms with Crippen molar-refractivity contribution in [3.63, 3.8) is 0 Å². The van der Waals surface area contributed by atoms with Gasteiger partial charge in [0.15, 0.2) is 5.75 Å². The number of nitrogens with two attached hydrogens (primary N) is 1. The highest BCUT2D eigenvalue weighted by molar-refractivity contribution is 9.10. The summed E-state index contributed by atoms with van der Waals surface area (Å²) in [5.74, 6) is 0.787. The predicted molar refractivity (Wildman–Crippen MR) is 74.9 cm³/mol. The van der Waals surface area contributed by atoms with E-state index in [1.807, 2.05) is 12.1 Å². The standard InChI is InChI=1S/C12H16BrClN2O/c1-17-12-10(13)4-7(14)5-11(12)16-9-3-2-8(15)6-9/h4-5,8-9,16H,2-3,6,15H2,1H3. The first kappa shape index (κ1) is 13.0. The number of hydrogen-bond donors (Lipinski definition) is 2. The van der Waals surface area contributed by atoms with Crippen molar-refractivity contribution in [2.24, 2.45) is 5.73 Å². The Labute approximate surface area is 115 Å². The van der Waals surface area contributed by atoms with Crippen LogP contribution in [0.2, 0.25) is 5.02 Å². The maximum absolute atomic E-state index is 6.04. The molecule has 5 heteroatoms. The molecule has 3 nitrogen and oxygen atoms in total. The number of benzene rings is 1. The van der Waals surface area contributed by atoms with Crippen LogP contribution >= 0.6 is 27.5 Å². The molecule has 1 fully saturated rings. The fourth-order valence-electron chi connectivity index (χ4n) is 2.24. The Kier molecular flexibility index (Phi) is 4.17. The topological polar surface area (TPSA) is 47.3 Å². The highest BCUT2D eigenvalue weighted by atomic mass is 79.9. The molecule has 2 unspecified atom stereocenters. The molecule has 2 rings (SSSR count). The van der Waals surface area contributed by atoms with E-state index in [-0.39, 0.29) is 0 Å². The quantitative estimate of drug-likeness (QED) is 0.897. The van der Waals surface area contributed by atoms with Gasteiger partial charge in [-0.15, -0.1) is 0 Å². The number of rotatable bonds is 3. The summed E-state index contributed by atoms with van der Waals surface area (Å²) in [5, 5.41) is 4.14. The first-order valence-corrected chi connectivity index (χ1v) is 6.82. The molecule has 2 atom stereocenters. The number of hydrogen-bond acceptors (Lipinski definition) is 3. The molecular weight excluding hydrogens is 304 g/mol. The first-order chi connectivity index (χ1) is 8.10. The molecule has 1 aliphatic rings. The Morgan fingerprint density at radius 3 is 2.82 bits per heavy atom. The van der Waals surface area contributed by atoms with Crippen LogP contribution in [0.25, 0.3) is 0 Å². The van der Waals surface area contributed by atoms with Crippen molar-refractivity contribution >= 4 is 33.2 Å². The van der Waals surface area contributed by atoms with Crippen LogP contribution in [-0.4, -0.2) is 19.2 Å². The van der Waals surface area contributed by atoms with Crippen LogP contribution in [0.15, 0.2) is 16.6 Å². The smallest absolute Gasteiger partial charge is 0.156 e. The van der Waals surface area contributed by atoms with Crippen molar-refractivity contribution in [1.29, 1.82) is 0 Å². The monoisotopic (exact) mass is 318 g/mol. The Bertz CT molecular complexity index is 414. The van der Waals surface area contributed by atoms with Gasteiger partial charge in [-0.3, -0.25) is 0 Å². The molecule has 1 aliphatic carbocycles. The molecule has 0 bridgehead atoms. The van der Waals surface area contributed by atoms with Crippen LogP contribution in [0.4, 0.5) is 5.69 Å². The second-order valence-electron chi connectivity index (χ2n) is 4.38. The molecule has 17 heavy (non-hydrogen) atoms. The average Bonchev–Trinajstić information content (AvgIpc) is 2.63. The first-order valence-electron chi connectivity index (χ1n) is 5.65. The number of ether oxygens (including phenoxy) is 1. The maximum Gasteiger partial charge on any atom is 0.156 e. The van der Waals surface area contributed by atoms with Gasteiger partial charge in [0, 0.05) is 17.1 Å². The minimum Gasteiger partial charge on any atom is -0.493 e. The van der Waals surface area contributed by atoms with Crippen molar-refractivity contribution in [3.8, 4) is 5.75 Å². The lowest BCUT2D eigenvalue weighted by Crippen LogP contribution is -2.21. The van der Waals surface area contributed by atoms with E-state index < -0.39 is 0 Å². The second kappa shape index (κ2) is 5.46. The Balaban J connectivity index is 2.19. The predicted octanol–water partition coefficient (Wildman–Crippen LogP) is 3.40. The van der Waals surface area contributed by atoms with E-state index in [1.54, 1.807) is 7.11 Å². The van der Waals surface area contributed by atoms with Crippen LogP contribution in [0, 0.1) is 0 Å². The summed E-state index contributed by atoms with van der Waals surface area (Å²) >= 11 is 9.49. The SMILES string of the molecule is COc1c(Br)cc(Cl)cc1NC1CCC(N)C1. The molecule has 0 heterocycles. The van der Waals surface area contributed by atoms with Crippen LogP contribution in [0.5, 0.6) is 5.75 Å². The zero-order valence-corrected chi connectivity index (χ0v) is 12.0. The molecule has 1 aromatic carbocycles. The molecule has 0 amide bonds. The van der Waals surface area contributed by atoms with E-state index >= 15 is 0 Å². The molecule has 3 N–H and O–H groups in total. The van der Waals surface area contributed by atoms with Crippen molar-refractivity contribution in [2.45, 2.75) is 31.3 Å². The van der Waals surface area contributed by atoms with Gasteiger partial charge in [0.2, 0.25) is 0 Å². The van der Waals surface area contributed by atoms with Gasteiger partial charge in [-0.1, -0.05) is 11.6 Å². The number of nitrogens with one attached hydrogen (secondary N) is 1. The fraction of sp³-hybridized carbons (Fsp3) is 0.500. The Morgan fingerprint density at radius 1 is 1.47 bits per heavy atom. The summed E-state index contributed by atoms with van der Waals surface area (Å²) in [7, 11) is 1.65. The zero-order valence-electron chi connectivity index (χ0n) is 9.67. The molecule has 0 aromatic heterocycles. The van der Waals surface area contributed by atoms with Crippen LogP contribution in [0.1, 0.15) is 19.3 Å². The Hall–Kier alpha value is -0.450. The van der Waals surface area contributed by atoms with Crippen molar-refractivity contribution in [1.82, 2.24) is 0 Å². The van der Waals surface area contributed by atoms with E-state index in [1.165, 1.54) is 0 Å². The maximum atomic E-state index is 6.04. The lowest BCUT2D eigenvalue weighted by Gasteiger charge is -2.18. The lowest BCUT2D eigenvalue weighted by atomic mass is 10.2. The van der Waals surface area contributed by atoms with Gasteiger partial charge in [-0.25, -0.2) is 0 Å². The zero-order chi connectivity index (χ0) is 12.4. The number of halogens is 2. The van der Waals surface area contributed by atoms with E-state index in [0.717, 1.165) is 35.2 Å². The van der Waals surface area contributed by atoms with Gasteiger partial charge in [-0.05, 0) is 47.3 Å². The van der Waals surface area contributed by atoms with Crippen molar-refractivity contribution in [3.05, 3.63) is 21.6 Å². The summed E-state index contributed by atoms with van der Waals surface area (Å²) < 4.78 is 6.23. The molecule has 1 saturated carbocycles. The summed E-state index contributed by atoms with van der Waals surface area (Å²) in [6, 6.07) is 4.42. The molecular formula is C12H16BrClN2O. The van der Waals surface area contributed by atoms with Crippen LogP contribution in [-0.2, 0) is 0 Å². The minimum absolute atomic E-state index is 0.307. The van der Waals surface area contributed by atoms with Gasteiger partial charge in [0.1, 0.15) is 0 Å². The number of anilines is 1. The van der Waals surface area contributed by atoms with Gasteiger partial charge in [0.05, 0.1) is 17.3 Å². The highest BCUT2D eigenvalue weighted by Crippen LogP contribution is 2.37. The van der Waals surface area contributed by atoms with E-state index in [9.17, 15) is 0 Å². The van der Waals surface area contributed by atoms with E-state index in [2.05, 4.69) is 21.2 Å². The van der Waals surface area contributed by atoms with Crippen LogP contribution in [0.3, 0.4) is 0 Å². The third kappa shape index (κ3) is 3.06. The van der Waals surface area contributed by atoms with Crippen LogP contribution < -0.4 is 15.8 Å². The van der Waals surface area contributed by atoms with Gasteiger partial charge < -0.3 is 15.8 Å². The van der Waals surface area contributed by atoms with E-state index in [4.69, 9.17) is 22.1 Å². The lowest BCUT2D eigenvalue weighted by molar-refractivity contribution is 0.413. The van der Waals surface area contributed by atoms with E-state index in [0.29, 0.717) is 17.1 Å². The van der Waals surface area contributed by atoms with Gasteiger partial charge >= 0.3 is 0 Å². The summed E-state index contributed by atoms with van der Waals surface area (Å²) in [6.45, 7) is 0. The molecule has 94 valence electrons. The van der Waals surface area contributed by atoms with Gasteiger partial charge in [0.25, 0.3) is 0 Å². The summed E-state index contributed by atoms with van der Waals surface area (Å²) in [5.41, 5.74) is 6.82. The van der Waals surface area contributed by atoms with Crippen molar-refractivity contribution < 1.29 is 4.74 Å².